The van der Waals surface area contributed by atoms with Crippen LogP contribution < -0.4 is 10.1 Å². The summed E-state index contributed by atoms with van der Waals surface area (Å²) in [7, 11) is 1.62. The van der Waals surface area contributed by atoms with Crippen molar-refractivity contribution in [1.29, 1.82) is 0 Å². The highest BCUT2D eigenvalue weighted by molar-refractivity contribution is 7.80. The van der Waals surface area contributed by atoms with Crippen LogP contribution in [0.1, 0.15) is 34.8 Å². The fraction of sp³-hybridized carbons (Fsp3) is 0.267. The highest BCUT2D eigenvalue weighted by atomic mass is 32.1. The lowest BCUT2D eigenvalue weighted by atomic mass is 10.1. The second-order valence-electron chi connectivity index (χ2n) is 9.05. The predicted molar refractivity (Wildman–Crippen MR) is 152 cm³/mol. The van der Waals surface area contributed by atoms with Crippen molar-refractivity contribution in [3.05, 3.63) is 95.6 Å². The number of carbonyl (C=O) groups excluding carboxylic acids is 3. The molecule has 4 rings (SSSR count). The Balaban J connectivity index is 1.47. The van der Waals surface area contributed by atoms with Crippen LogP contribution in [0.25, 0.3) is 0 Å². The van der Waals surface area contributed by atoms with E-state index in [2.05, 4.69) is 5.32 Å². The van der Waals surface area contributed by atoms with Crippen molar-refractivity contribution >= 4 is 40.8 Å². The fourth-order valence-corrected chi connectivity index (χ4v) is 4.76. The van der Waals surface area contributed by atoms with Crippen LogP contribution in [0, 0.1) is 0 Å². The molecule has 1 heterocycles. The Hall–Kier alpha value is -4.24. The van der Waals surface area contributed by atoms with Gasteiger partial charge in [-0.25, -0.2) is 4.79 Å². The summed E-state index contributed by atoms with van der Waals surface area (Å²) in [5.74, 6) is -0.182. The maximum absolute atomic E-state index is 13.5. The van der Waals surface area contributed by atoms with Gasteiger partial charge in [0.25, 0.3) is 5.91 Å². The first-order valence-corrected chi connectivity index (χ1v) is 13.2. The number of rotatable bonds is 11. The minimum Gasteiger partial charge on any atom is -0.497 e. The van der Waals surface area contributed by atoms with Gasteiger partial charge in [0, 0.05) is 12.2 Å². The number of nitrogens with zero attached hydrogens (tertiary/aromatic N) is 2. The van der Waals surface area contributed by atoms with E-state index in [4.69, 9.17) is 21.7 Å². The van der Waals surface area contributed by atoms with Gasteiger partial charge in [-0.2, -0.15) is 0 Å². The van der Waals surface area contributed by atoms with E-state index in [1.807, 2.05) is 59.5 Å². The summed E-state index contributed by atoms with van der Waals surface area (Å²) in [5.41, 5.74) is 2.94. The van der Waals surface area contributed by atoms with Crippen LogP contribution in [0.15, 0.2) is 78.9 Å². The highest BCUT2D eigenvalue weighted by Crippen LogP contribution is 2.25. The van der Waals surface area contributed by atoms with Crippen molar-refractivity contribution < 1.29 is 23.9 Å². The van der Waals surface area contributed by atoms with E-state index in [9.17, 15) is 14.4 Å². The molecule has 2 amide bonds. The number of amides is 2. The molecule has 3 aromatic carbocycles. The molecule has 0 aliphatic carbocycles. The first-order chi connectivity index (χ1) is 18.9. The normalized spacial score (nSPS) is 14.9. The van der Waals surface area contributed by atoms with Crippen LogP contribution >= 0.6 is 12.2 Å². The average Bonchev–Trinajstić information content (AvgIpc) is 3.16. The van der Waals surface area contributed by atoms with E-state index in [1.165, 1.54) is 0 Å². The van der Waals surface area contributed by atoms with Gasteiger partial charge in [-0.05, 0) is 73.1 Å². The van der Waals surface area contributed by atoms with Crippen LogP contribution in [0.5, 0.6) is 5.75 Å². The smallest absolute Gasteiger partial charge is 0.338 e. The lowest BCUT2D eigenvalue weighted by molar-refractivity contribution is -0.131. The van der Waals surface area contributed by atoms with Crippen LogP contribution in [0.2, 0.25) is 0 Å². The summed E-state index contributed by atoms with van der Waals surface area (Å²) in [6.45, 7) is 2.84. The van der Waals surface area contributed by atoms with E-state index < -0.39 is 12.0 Å². The van der Waals surface area contributed by atoms with Crippen molar-refractivity contribution in [1.82, 2.24) is 9.80 Å². The number of carbonyl (C=O) groups is 3. The minimum absolute atomic E-state index is 0.0630. The molecule has 1 N–H and O–H groups in total. The topological polar surface area (TPSA) is 88.2 Å². The monoisotopic (exact) mass is 545 g/mol. The molecule has 39 heavy (non-hydrogen) atoms. The van der Waals surface area contributed by atoms with E-state index in [-0.39, 0.29) is 24.8 Å². The third kappa shape index (κ3) is 7.00. The molecule has 8 nitrogen and oxygen atoms in total. The molecule has 1 atom stereocenters. The quantitative estimate of drug-likeness (QED) is 0.282. The van der Waals surface area contributed by atoms with Gasteiger partial charge in [-0.1, -0.05) is 42.5 Å². The molecule has 0 spiro atoms. The first kappa shape index (κ1) is 27.8. The zero-order chi connectivity index (χ0) is 27.8. The standard InChI is InChI=1S/C30H31N3O5S/c1-3-38-29(36)23-11-13-24(14-12-23)31-27(34)19-26-28(35)33(20-22-7-5-4-6-8-22)30(39)32(26)18-17-21-9-15-25(37-2)16-10-21/h4-16,26H,3,17-20H2,1-2H3,(H,31,34)/t26-/m1/s1. The molecule has 1 aliphatic heterocycles. The molecule has 9 heteroatoms. The van der Waals surface area contributed by atoms with Gasteiger partial charge < -0.3 is 19.7 Å². The third-order valence-electron chi connectivity index (χ3n) is 6.45. The van der Waals surface area contributed by atoms with Gasteiger partial charge in [0.05, 0.1) is 32.2 Å². The number of nitrogens with one attached hydrogen (secondary N) is 1. The number of esters is 1. The number of hydrogen-bond donors (Lipinski definition) is 1. The Bertz CT molecular complexity index is 1310. The Morgan fingerprint density at radius 2 is 1.64 bits per heavy atom. The lowest BCUT2D eigenvalue weighted by Crippen LogP contribution is -2.39. The summed E-state index contributed by atoms with van der Waals surface area (Å²) < 4.78 is 10.2. The van der Waals surface area contributed by atoms with Crippen molar-refractivity contribution in [2.45, 2.75) is 32.4 Å². The Morgan fingerprint density at radius 1 is 0.949 bits per heavy atom. The zero-order valence-corrected chi connectivity index (χ0v) is 22.8. The maximum Gasteiger partial charge on any atom is 0.338 e. The second-order valence-corrected chi connectivity index (χ2v) is 9.42. The summed E-state index contributed by atoms with van der Waals surface area (Å²) >= 11 is 5.75. The molecule has 202 valence electrons. The molecule has 3 aromatic rings. The van der Waals surface area contributed by atoms with Gasteiger partial charge in [-0.3, -0.25) is 14.5 Å². The van der Waals surface area contributed by atoms with Crippen molar-refractivity contribution in [3.63, 3.8) is 0 Å². The zero-order valence-electron chi connectivity index (χ0n) is 22.0. The van der Waals surface area contributed by atoms with Crippen LogP contribution in [-0.2, 0) is 27.3 Å². The minimum atomic E-state index is -0.724. The highest BCUT2D eigenvalue weighted by Gasteiger charge is 2.43. The summed E-state index contributed by atoms with van der Waals surface area (Å²) in [6.07, 6.45) is 0.580. The largest absolute Gasteiger partial charge is 0.497 e. The Kier molecular flexibility index (Phi) is 9.27. The molecule has 0 unspecified atom stereocenters. The molecular weight excluding hydrogens is 514 g/mol. The summed E-state index contributed by atoms with van der Waals surface area (Å²) in [4.78, 5) is 41.9. The van der Waals surface area contributed by atoms with Crippen LogP contribution in [-0.4, -0.2) is 59.0 Å². The van der Waals surface area contributed by atoms with Crippen molar-refractivity contribution in [2.75, 3.05) is 25.6 Å². The van der Waals surface area contributed by atoms with Crippen LogP contribution in [0.3, 0.4) is 0 Å². The number of anilines is 1. The van der Waals surface area contributed by atoms with Gasteiger partial charge in [0.2, 0.25) is 5.91 Å². The summed E-state index contributed by atoms with van der Waals surface area (Å²) in [5, 5.41) is 3.24. The van der Waals surface area contributed by atoms with Gasteiger partial charge in [0.1, 0.15) is 11.8 Å². The van der Waals surface area contributed by atoms with Gasteiger partial charge >= 0.3 is 5.97 Å². The lowest BCUT2D eigenvalue weighted by Gasteiger charge is -2.24. The number of hydrogen-bond acceptors (Lipinski definition) is 6. The van der Waals surface area contributed by atoms with Gasteiger partial charge in [-0.15, -0.1) is 0 Å². The second kappa shape index (κ2) is 13.0. The predicted octanol–water partition coefficient (Wildman–Crippen LogP) is 4.44. The molecular formula is C30H31N3O5S. The molecule has 1 saturated heterocycles. The van der Waals surface area contributed by atoms with Gasteiger partial charge in [0.15, 0.2) is 5.11 Å². The number of ether oxygens (including phenoxy) is 2. The number of methoxy groups -OCH3 is 1. The van der Waals surface area contributed by atoms with E-state index in [0.29, 0.717) is 35.9 Å². The van der Waals surface area contributed by atoms with E-state index >= 15 is 0 Å². The number of thiocarbonyl (C=S) groups is 1. The SMILES string of the molecule is CCOC(=O)c1ccc(NC(=O)C[C@@H]2C(=O)N(Cc3ccccc3)C(=S)N2CCc2ccc(OC)cc2)cc1. The third-order valence-corrected chi connectivity index (χ3v) is 6.90. The Morgan fingerprint density at radius 3 is 2.28 bits per heavy atom. The maximum atomic E-state index is 13.5. The van der Waals surface area contributed by atoms with Crippen LogP contribution in [0.4, 0.5) is 5.69 Å². The van der Waals surface area contributed by atoms with E-state index in [0.717, 1.165) is 16.9 Å². The van der Waals surface area contributed by atoms with Crippen molar-refractivity contribution in [3.8, 4) is 5.75 Å². The molecule has 0 radical (unpaired) electrons. The molecule has 1 fully saturated rings. The van der Waals surface area contributed by atoms with Crippen molar-refractivity contribution in [2.24, 2.45) is 0 Å². The fourth-order valence-electron chi connectivity index (χ4n) is 4.39. The molecule has 1 aliphatic rings. The van der Waals surface area contributed by atoms with E-state index in [1.54, 1.807) is 43.2 Å². The average molecular weight is 546 g/mol. The number of benzene rings is 3. The summed E-state index contributed by atoms with van der Waals surface area (Å²) in [6, 6.07) is 23.1. The molecule has 0 aromatic heterocycles. The first-order valence-electron chi connectivity index (χ1n) is 12.8. The molecule has 0 saturated carbocycles. The molecule has 0 bridgehead atoms. The Labute approximate surface area is 233 Å².